The maximum absolute atomic E-state index is 11.7. The van der Waals surface area contributed by atoms with Crippen LogP contribution in [0, 0.1) is 5.92 Å². The summed E-state index contributed by atoms with van der Waals surface area (Å²) in [6.45, 7) is 8.98. The zero-order chi connectivity index (χ0) is 34.7. The summed E-state index contributed by atoms with van der Waals surface area (Å²) < 4.78 is 11.5. The number of aliphatic hydroxyl groups excluding tert-OH is 3. The highest BCUT2D eigenvalue weighted by atomic mass is 16.5. The molecule has 1 fully saturated rings. The molecule has 1 saturated heterocycles. The lowest BCUT2D eigenvalue weighted by molar-refractivity contribution is -0.141. The van der Waals surface area contributed by atoms with Crippen molar-refractivity contribution >= 4 is 12.3 Å². The van der Waals surface area contributed by atoms with Crippen LogP contribution in [-0.4, -0.2) is 60.6 Å². The molecule has 0 radical (unpaired) electrons. The Bertz CT molecular complexity index is 1400. The Hall–Kier alpha value is -3.88. The fourth-order valence-electron chi connectivity index (χ4n) is 5.56. The first-order valence-corrected chi connectivity index (χ1v) is 17.0. The molecule has 1 aliphatic heterocycles. The smallest absolute Gasteiger partial charge is 0.335 e. The molecule has 1 heterocycles. The van der Waals surface area contributed by atoms with Gasteiger partial charge in [0.1, 0.15) is 6.29 Å². The van der Waals surface area contributed by atoms with Gasteiger partial charge in [-0.3, -0.25) is 4.79 Å². The van der Waals surface area contributed by atoms with Gasteiger partial charge in [-0.25, -0.2) is 4.79 Å². The topological polar surface area (TPSA) is 113 Å². The number of rotatable bonds is 17. The van der Waals surface area contributed by atoms with Gasteiger partial charge in [0.05, 0.1) is 38.1 Å². The van der Waals surface area contributed by atoms with Gasteiger partial charge in [0.15, 0.2) is 0 Å². The van der Waals surface area contributed by atoms with Crippen molar-refractivity contribution in [1.29, 1.82) is 0 Å². The van der Waals surface area contributed by atoms with Gasteiger partial charge in [0.25, 0.3) is 0 Å². The molecular formula is C41H52O7. The molecule has 0 aromatic heterocycles. The summed E-state index contributed by atoms with van der Waals surface area (Å²) in [7, 11) is 0. The number of esters is 1. The van der Waals surface area contributed by atoms with Crippen molar-refractivity contribution in [2.24, 2.45) is 5.92 Å². The van der Waals surface area contributed by atoms with E-state index in [1.807, 2.05) is 0 Å². The van der Waals surface area contributed by atoms with Crippen LogP contribution in [-0.2, 0) is 31.9 Å². The third kappa shape index (κ3) is 12.6. The minimum Gasteiger partial charge on any atom is -0.462 e. The van der Waals surface area contributed by atoms with Crippen molar-refractivity contribution in [3.63, 3.8) is 0 Å². The van der Waals surface area contributed by atoms with E-state index in [4.69, 9.17) is 19.7 Å². The lowest BCUT2D eigenvalue weighted by Gasteiger charge is -2.30. The molecule has 0 aliphatic carbocycles. The second kappa shape index (κ2) is 21.2. The average Bonchev–Trinajstić information content (AvgIpc) is 3.15. The molecule has 3 N–H and O–H groups in total. The Balaban J connectivity index is 0.000000952. The molecule has 3 unspecified atom stereocenters. The first-order chi connectivity index (χ1) is 23.3. The number of aryl methyl sites for hydroxylation is 2. The van der Waals surface area contributed by atoms with Gasteiger partial charge in [0, 0.05) is 24.0 Å². The highest BCUT2D eigenvalue weighted by Gasteiger charge is 2.24. The van der Waals surface area contributed by atoms with E-state index in [1.165, 1.54) is 52.6 Å². The number of carbonyl (C=O) groups is 2. The van der Waals surface area contributed by atoms with E-state index < -0.39 is 12.6 Å². The Kier molecular flexibility index (Phi) is 17.0. The largest absolute Gasteiger partial charge is 0.462 e. The summed E-state index contributed by atoms with van der Waals surface area (Å²) >= 11 is 0. The summed E-state index contributed by atoms with van der Waals surface area (Å²) in [6.07, 6.45) is 9.16. The van der Waals surface area contributed by atoms with Gasteiger partial charge >= 0.3 is 5.97 Å². The van der Waals surface area contributed by atoms with Crippen molar-refractivity contribution < 1.29 is 34.4 Å². The molecule has 3 atom stereocenters. The van der Waals surface area contributed by atoms with E-state index in [2.05, 4.69) is 92.9 Å². The lowest BCUT2D eigenvalue weighted by atomic mass is 9.88. The van der Waals surface area contributed by atoms with E-state index >= 15 is 0 Å². The van der Waals surface area contributed by atoms with Gasteiger partial charge < -0.3 is 24.8 Å². The van der Waals surface area contributed by atoms with Crippen LogP contribution in [0.5, 0.6) is 0 Å². The fourth-order valence-corrected chi connectivity index (χ4v) is 5.56. The van der Waals surface area contributed by atoms with Crippen LogP contribution in [0.15, 0.2) is 97.1 Å². The number of hydrogen-bond donors (Lipinski definition) is 3. The second-order valence-corrected chi connectivity index (χ2v) is 12.5. The molecular weight excluding hydrogens is 604 g/mol. The first-order valence-electron chi connectivity index (χ1n) is 17.0. The van der Waals surface area contributed by atoms with E-state index in [9.17, 15) is 14.7 Å². The summed E-state index contributed by atoms with van der Waals surface area (Å²) in [5, 5.41) is 26.6. The standard InChI is InChI=1S/C37H46O5.C4H6O2/c1-3-4-5-6-28-9-13-31(14-10-28)32-17-19-33(20-18-32)35-21-22-36(41-26-35)34-15-11-29(12-16-34)7-8-30(24-39)25-42-37(40)27(2)23-38;1-4(2-5)3-6/h9-20,30,35-36,38-39H,2-8,21-26H2,1H3;2,6H,1,3H2. The van der Waals surface area contributed by atoms with Crippen molar-refractivity contribution in [1.82, 2.24) is 0 Å². The molecule has 3 aromatic rings. The molecule has 7 nitrogen and oxygen atoms in total. The number of hydrogen-bond acceptors (Lipinski definition) is 7. The van der Waals surface area contributed by atoms with Crippen LogP contribution in [0.3, 0.4) is 0 Å². The third-order valence-corrected chi connectivity index (χ3v) is 8.76. The van der Waals surface area contributed by atoms with E-state index in [-0.39, 0.29) is 43.0 Å². The molecule has 0 amide bonds. The SMILES string of the molecule is C=C(C=O)CO.C=C(CO)C(=O)OCC(CO)CCc1ccc(C2CCC(c3ccc(-c4ccc(CCCCC)cc4)cc3)CO2)cc1. The lowest BCUT2D eigenvalue weighted by Crippen LogP contribution is -2.20. The van der Waals surface area contributed by atoms with E-state index in [0.29, 0.717) is 18.6 Å². The van der Waals surface area contributed by atoms with Gasteiger partial charge in [0.2, 0.25) is 0 Å². The highest BCUT2D eigenvalue weighted by molar-refractivity contribution is 5.87. The number of benzene rings is 3. The molecule has 0 spiro atoms. The molecule has 7 heteroatoms. The highest BCUT2D eigenvalue weighted by Crippen LogP contribution is 2.36. The van der Waals surface area contributed by atoms with Crippen molar-refractivity contribution in [2.45, 2.75) is 70.3 Å². The summed E-state index contributed by atoms with van der Waals surface area (Å²) in [6, 6.07) is 26.6. The van der Waals surface area contributed by atoms with Crippen molar-refractivity contribution in [3.8, 4) is 11.1 Å². The third-order valence-electron chi connectivity index (χ3n) is 8.76. The molecule has 3 aromatic carbocycles. The van der Waals surface area contributed by atoms with Gasteiger partial charge in [-0.2, -0.15) is 0 Å². The average molecular weight is 657 g/mol. The minimum absolute atomic E-state index is 0.0193. The van der Waals surface area contributed by atoms with Crippen LogP contribution in [0.1, 0.15) is 79.7 Å². The Labute approximate surface area is 285 Å². The number of unbranched alkanes of at least 4 members (excludes halogenated alkanes) is 2. The van der Waals surface area contributed by atoms with Crippen LogP contribution in [0.25, 0.3) is 11.1 Å². The Morgan fingerprint density at radius 2 is 1.46 bits per heavy atom. The van der Waals surface area contributed by atoms with Crippen LogP contribution in [0.2, 0.25) is 0 Å². The zero-order valence-electron chi connectivity index (χ0n) is 28.3. The Morgan fingerprint density at radius 1 is 0.854 bits per heavy atom. The fraction of sp³-hybridized carbons (Fsp3) is 0.415. The molecule has 1 aliphatic rings. The summed E-state index contributed by atoms with van der Waals surface area (Å²) in [5.74, 6) is -0.367. The number of aliphatic hydroxyl groups is 3. The normalized spacial score (nSPS) is 16.2. The van der Waals surface area contributed by atoms with Gasteiger partial charge in [-0.15, -0.1) is 0 Å². The predicted octanol–water partition coefficient (Wildman–Crippen LogP) is 7.09. The van der Waals surface area contributed by atoms with E-state index in [1.54, 1.807) is 0 Å². The zero-order valence-corrected chi connectivity index (χ0v) is 28.3. The van der Waals surface area contributed by atoms with Gasteiger partial charge in [-0.1, -0.05) is 106 Å². The predicted molar refractivity (Wildman–Crippen MR) is 191 cm³/mol. The summed E-state index contributed by atoms with van der Waals surface area (Å²) in [5.41, 5.74) is 7.89. The van der Waals surface area contributed by atoms with Crippen molar-refractivity contribution in [3.05, 3.63) is 119 Å². The molecule has 0 saturated carbocycles. The number of ether oxygens (including phenoxy) is 2. The maximum Gasteiger partial charge on any atom is 0.335 e. The van der Waals surface area contributed by atoms with E-state index in [0.717, 1.165) is 32.3 Å². The van der Waals surface area contributed by atoms with Crippen LogP contribution in [0.4, 0.5) is 0 Å². The molecule has 0 bridgehead atoms. The Morgan fingerprint density at radius 3 is 1.98 bits per heavy atom. The monoisotopic (exact) mass is 656 g/mol. The number of aldehydes is 1. The van der Waals surface area contributed by atoms with Crippen LogP contribution < -0.4 is 0 Å². The minimum atomic E-state index is -0.620. The molecule has 48 heavy (non-hydrogen) atoms. The molecule has 4 rings (SSSR count). The second-order valence-electron chi connectivity index (χ2n) is 12.5. The quantitative estimate of drug-likeness (QED) is 0.0616. The van der Waals surface area contributed by atoms with Gasteiger partial charge in [-0.05, 0) is 71.9 Å². The number of carbonyl (C=O) groups excluding carboxylic acids is 2. The first kappa shape index (κ1) is 38.6. The van der Waals surface area contributed by atoms with Crippen molar-refractivity contribution in [2.75, 3.05) is 33.0 Å². The van der Waals surface area contributed by atoms with Crippen LogP contribution >= 0.6 is 0 Å². The maximum atomic E-state index is 11.7. The molecule has 258 valence electrons. The summed E-state index contributed by atoms with van der Waals surface area (Å²) in [4.78, 5) is 21.2.